The minimum absolute atomic E-state index is 0.733. The molecule has 0 aliphatic rings. The molecule has 1 atom stereocenters. The average Bonchev–Trinajstić information content (AvgIpc) is 3.05. The summed E-state index contributed by atoms with van der Waals surface area (Å²) in [7, 11) is 9.87. The van der Waals surface area contributed by atoms with Crippen molar-refractivity contribution < 1.29 is 20.8 Å². The summed E-state index contributed by atoms with van der Waals surface area (Å²) in [6.07, 6.45) is 2.28. The second-order valence-electron chi connectivity index (χ2n) is 3.45. The largest absolute Gasteiger partial charge is 0.999 e. The zero-order valence-electron chi connectivity index (χ0n) is 10.3. The molecular weight excluding hydrogens is 342 g/mol. The van der Waals surface area contributed by atoms with Crippen molar-refractivity contribution in [2.45, 2.75) is 26.7 Å². The molecule has 0 spiro atoms. The molecule has 0 saturated carbocycles. The van der Waals surface area contributed by atoms with Crippen LogP contribution in [0.15, 0.2) is 6.07 Å². The fourth-order valence-electron chi connectivity index (χ4n) is 1.02. The maximum atomic E-state index is 4.93. The molecule has 0 radical (unpaired) electrons. The van der Waals surface area contributed by atoms with E-state index in [0.717, 1.165) is 17.9 Å². The van der Waals surface area contributed by atoms with Gasteiger partial charge in [-0.25, -0.2) is 6.42 Å². The van der Waals surface area contributed by atoms with Crippen LogP contribution in [0, 0.1) is 54.4 Å². The van der Waals surface area contributed by atoms with Crippen LogP contribution in [0.3, 0.4) is 0 Å². The molecule has 100 valence electrons. The Morgan fingerprint density at radius 3 is 1.94 bits per heavy atom. The summed E-state index contributed by atoms with van der Waals surface area (Å²) in [4.78, 5) is 0. The molecule has 0 fully saturated rings. The van der Waals surface area contributed by atoms with Gasteiger partial charge in [0.1, 0.15) is 0 Å². The van der Waals surface area contributed by atoms with E-state index in [9.17, 15) is 0 Å². The van der Waals surface area contributed by atoms with Crippen molar-refractivity contribution in [3.63, 3.8) is 0 Å². The second kappa shape index (κ2) is 13.6. The van der Waals surface area contributed by atoms with Gasteiger partial charge < -0.3 is 60.2 Å². The van der Waals surface area contributed by atoms with Crippen LogP contribution in [0.4, 0.5) is 0 Å². The Morgan fingerprint density at radius 1 is 1.11 bits per heavy atom. The van der Waals surface area contributed by atoms with Crippen molar-refractivity contribution in [3.05, 3.63) is 60.2 Å². The van der Waals surface area contributed by atoms with Gasteiger partial charge in [-0.3, -0.25) is 0 Å². The minimum atomic E-state index is -0.826. The van der Waals surface area contributed by atoms with Gasteiger partial charge in [0.25, 0.3) is 0 Å². The quantitative estimate of drug-likeness (QED) is 0.726. The zero-order chi connectivity index (χ0) is 13.6. The van der Waals surface area contributed by atoms with Crippen LogP contribution in [-0.4, -0.2) is 0 Å². The maximum Gasteiger partial charge on any atom is -0.800 e. The SMILES string of the molecule is CCC(C)C[c-]1[c-][c-][c-][c-]1.[Cl][Zr][Cl].[c-]1[c-][c-][cH-][c-]1. The second-order valence-corrected chi connectivity index (χ2v) is 7.18. The molecular formula is C15H12Cl2Zr-10. The van der Waals surface area contributed by atoms with Crippen LogP contribution < -0.4 is 0 Å². The minimum Gasteiger partial charge on any atom is -0.999 e. The van der Waals surface area contributed by atoms with E-state index in [-0.39, 0.29) is 0 Å². The predicted octanol–water partition coefficient (Wildman–Crippen LogP) is 4.18. The van der Waals surface area contributed by atoms with Gasteiger partial charge in [0.05, 0.1) is 0 Å². The predicted molar refractivity (Wildman–Crippen MR) is 69.6 cm³/mol. The summed E-state index contributed by atoms with van der Waals surface area (Å²) in [5.74, 6) is 0.733. The monoisotopic (exact) mass is 352 g/mol. The van der Waals surface area contributed by atoms with E-state index >= 15 is 0 Å². The Balaban J connectivity index is 0.000000301. The van der Waals surface area contributed by atoms with E-state index in [0.29, 0.717) is 0 Å². The van der Waals surface area contributed by atoms with Crippen LogP contribution in [0.5, 0.6) is 0 Å². The number of rotatable bonds is 3. The van der Waals surface area contributed by atoms with Crippen LogP contribution in [-0.2, 0) is 27.3 Å². The zero-order valence-corrected chi connectivity index (χ0v) is 14.3. The molecule has 3 heteroatoms. The molecule has 0 amide bonds. The topological polar surface area (TPSA) is 0 Å². The van der Waals surface area contributed by atoms with Crippen LogP contribution >= 0.6 is 17.0 Å². The van der Waals surface area contributed by atoms with Crippen molar-refractivity contribution in [1.82, 2.24) is 0 Å². The van der Waals surface area contributed by atoms with Gasteiger partial charge in [-0.15, -0.1) is 0 Å². The first kappa shape index (κ1) is 18.2. The summed E-state index contributed by atoms with van der Waals surface area (Å²) >= 11 is -0.826. The van der Waals surface area contributed by atoms with Gasteiger partial charge in [-0.2, -0.15) is 0 Å². The summed E-state index contributed by atoms with van der Waals surface area (Å²) in [5.41, 5.74) is 1.12. The first-order chi connectivity index (χ1) is 8.74. The van der Waals surface area contributed by atoms with E-state index < -0.39 is 20.8 Å². The van der Waals surface area contributed by atoms with Gasteiger partial charge in [0.15, 0.2) is 0 Å². The molecule has 0 aromatic heterocycles. The van der Waals surface area contributed by atoms with E-state index in [1.165, 1.54) is 6.42 Å². The fourth-order valence-corrected chi connectivity index (χ4v) is 1.02. The van der Waals surface area contributed by atoms with E-state index in [1.54, 1.807) is 6.07 Å². The van der Waals surface area contributed by atoms with Crippen LogP contribution in [0.2, 0.25) is 0 Å². The Bertz CT molecular complexity index is 310. The molecule has 0 aliphatic carbocycles. The molecule has 2 rings (SSSR count). The molecule has 0 aliphatic heterocycles. The van der Waals surface area contributed by atoms with E-state index in [4.69, 9.17) is 17.0 Å². The van der Waals surface area contributed by atoms with Crippen molar-refractivity contribution >= 4 is 17.0 Å². The third-order valence-electron chi connectivity index (χ3n) is 2.09. The van der Waals surface area contributed by atoms with Gasteiger partial charge >= 0.3 is 37.9 Å². The number of halogens is 2. The first-order valence-electron chi connectivity index (χ1n) is 5.41. The van der Waals surface area contributed by atoms with Crippen LogP contribution in [0.1, 0.15) is 25.8 Å². The van der Waals surface area contributed by atoms with Gasteiger partial charge in [0, 0.05) is 0 Å². The molecule has 0 heterocycles. The number of hydrogen-bond donors (Lipinski definition) is 0. The Hall–Kier alpha value is 0.163. The van der Waals surface area contributed by atoms with Gasteiger partial charge in [-0.1, -0.05) is 26.2 Å². The average molecular weight is 354 g/mol. The Kier molecular flexibility index (Phi) is 13.7. The third-order valence-corrected chi connectivity index (χ3v) is 2.09. The molecule has 18 heavy (non-hydrogen) atoms. The smallest absolute Gasteiger partial charge is 0.800 e. The molecule has 2 aromatic rings. The Labute approximate surface area is 130 Å². The molecule has 0 saturated heterocycles. The first-order valence-corrected chi connectivity index (χ1v) is 11.7. The van der Waals surface area contributed by atoms with E-state index in [2.05, 4.69) is 62.4 Å². The molecule has 1 unspecified atom stereocenters. The maximum absolute atomic E-state index is 4.93. The fraction of sp³-hybridized carbons (Fsp3) is 0.333. The summed E-state index contributed by atoms with van der Waals surface area (Å²) in [5, 5.41) is 0. The summed E-state index contributed by atoms with van der Waals surface area (Å²) in [6, 6.07) is 23.4. The van der Waals surface area contributed by atoms with Crippen molar-refractivity contribution in [1.29, 1.82) is 0 Å². The molecule has 0 bridgehead atoms. The van der Waals surface area contributed by atoms with Gasteiger partial charge in [-0.05, 0) is 0 Å². The van der Waals surface area contributed by atoms with Crippen molar-refractivity contribution in [2.24, 2.45) is 5.92 Å². The normalized spacial score (nSPS) is 10.4. The molecule has 2 aromatic carbocycles. The summed E-state index contributed by atoms with van der Waals surface area (Å²) < 4.78 is 0. The number of hydrogen-bond acceptors (Lipinski definition) is 0. The van der Waals surface area contributed by atoms with Crippen molar-refractivity contribution in [3.8, 4) is 0 Å². The molecule has 0 nitrogen and oxygen atoms in total. The molecule has 0 N–H and O–H groups in total. The Morgan fingerprint density at radius 2 is 1.61 bits per heavy atom. The van der Waals surface area contributed by atoms with Gasteiger partial charge in [0.2, 0.25) is 0 Å². The van der Waals surface area contributed by atoms with E-state index in [1.807, 2.05) is 0 Å². The van der Waals surface area contributed by atoms with Crippen molar-refractivity contribution in [2.75, 3.05) is 0 Å². The standard InChI is InChI=1S/C10H11.C5H.2ClH.Zr/c1-3-9(2)8-10-6-4-5-7-10;1-2-4-5-3-1;;;/h9H,3,8H2,1-2H3;1H;2*1H;/q2*-5;;;+2/p-2. The third kappa shape index (κ3) is 11.3. The van der Waals surface area contributed by atoms with Crippen LogP contribution in [0.25, 0.3) is 0 Å². The summed E-state index contributed by atoms with van der Waals surface area (Å²) in [6.45, 7) is 4.43.